The average Bonchev–Trinajstić information content (AvgIpc) is 2.95. The Balaban J connectivity index is 2.10. The van der Waals surface area contributed by atoms with Gasteiger partial charge in [0.2, 0.25) is 0 Å². The number of hydrogen-bond acceptors (Lipinski definition) is 7. The molecule has 0 aliphatic rings. The number of rotatable bonds is 7. The molecule has 0 saturated heterocycles. The van der Waals surface area contributed by atoms with E-state index in [1.165, 1.54) is 6.07 Å². The predicted molar refractivity (Wildman–Crippen MR) is 77.6 cm³/mol. The molecule has 0 aliphatic carbocycles. The van der Waals surface area contributed by atoms with Crippen molar-refractivity contribution in [2.45, 2.75) is 13.0 Å². The Hall–Kier alpha value is -2.99. The smallest absolute Gasteiger partial charge is 0.289 e. The molecule has 0 spiro atoms. The second-order valence-corrected chi connectivity index (χ2v) is 4.39. The number of aryl methyl sites for hydroxylation is 1. The average molecular weight is 302 g/mol. The molecule has 0 fully saturated rings. The molecule has 9 heteroatoms. The highest BCUT2D eigenvalue weighted by atomic mass is 16.6. The number of nitro groups is 1. The maximum Gasteiger partial charge on any atom is 0.289 e. The molecule has 2 aromatic rings. The van der Waals surface area contributed by atoms with Crippen molar-refractivity contribution in [3.8, 4) is 6.07 Å². The molecular formula is C13H14N6O3. The molecule has 0 bridgehead atoms. The molecule has 0 radical (unpaired) electrons. The van der Waals surface area contributed by atoms with Gasteiger partial charge in [-0.2, -0.15) is 10.4 Å². The molecular weight excluding hydrogens is 288 g/mol. The number of ether oxygens (including phenoxy) is 1. The van der Waals surface area contributed by atoms with Gasteiger partial charge in [-0.15, -0.1) is 0 Å². The van der Waals surface area contributed by atoms with Crippen molar-refractivity contribution >= 4 is 17.3 Å². The molecule has 0 aromatic carbocycles. The Labute approximate surface area is 126 Å². The van der Waals surface area contributed by atoms with E-state index < -0.39 is 4.92 Å². The zero-order valence-electron chi connectivity index (χ0n) is 11.9. The van der Waals surface area contributed by atoms with Gasteiger partial charge in [-0.1, -0.05) is 0 Å². The topological polar surface area (TPSA) is 119 Å². The second kappa shape index (κ2) is 7.14. The monoisotopic (exact) mass is 302 g/mol. The fourth-order valence-electron chi connectivity index (χ4n) is 1.78. The van der Waals surface area contributed by atoms with Crippen molar-refractivity contribution < 1.29 is 9.66 Å². The third-order valence-electron chi connectivity index (χ3n) is 2.83. The number of hydrogen-bond donors (Lipinski definition) is 1. The number of nitriles is 1. The molecule has 2 heterocycles. The van der Waals surface area contributed by atoms with E-state index in [1.807, 2.05) is 6.07 Å². The molecule has 1 N–H and O–H groups in total. The predicted octanol–water partition coefficient (Wildman–Crippen LogP) is 1.84. The van der Waals surface area contributed by atoms with E-state index in [1.54, 1.807) is 24.1 Å². The minimum atomic E-state index is -0.595. The van der Waals surface area contributed by atoms with Crippen LogP contribution in [0.25, 0.3) is 0 Å². The number of nitrogens with one attached hydrogen (secondary N) is 1. The molecule has 114 valence electrons. The van der Waals surface area contributed by atoms with Gasteiger partial charge in [0.1, 0.15) is 23.6 Å². The summed E-state index contributed by atoms with van der Waals surface area (Å²) in [4.78, 5) is 14.0. The van der Waals surface area contributed by atoms with Crippen LogP contribution in [0.2, 0.25) is 0 Å². The Morgan fingerprint density at radius 3 is 3.09 bits per heavy atom. The number of methoxy groups -OCH3 is 1. The third kappa shape index (κ3) is 3.77. The number of aromatic nitrogens is 3. The minimum Gasteiger partial charge on any atom is -0.385 e. The first-order valence-electron chi connectivity index (χ1n) is 6.48. The highest BCUT2D eigenvalue weighted by molar-refractivity contribution is 5.61. The third-order valence-corrected chi connectivity index (χ3v) is 2.83. The van der Waals surface area contributed by atoms with E-state index in [2.05, 4.69) is 15.4 Å². The van der Waals surface area contributed by atoms with Crippen LogP contribution in [0.3, 0.4) is 0 Å². The maximum atomic E-state index is 10.7. The lowest BCUT2D eigenvalue weighted by molar-refractivity contribution is -0.385. The van der Waals surface area contributed by atoms with Crippen molar-refractivity contribution in [2.24, 2.45) is 0 Å². The molecule has 0 atom stereocenters. The Bertz CT molecular complexity index is 706. The molecule has 2 rings (SSSR count). The van der Waals surface area contributed by atoms with Crippen LogP contribution < -0.4 is 5.32 Å². The van der Waals surface area contributed by atoms with Gasteiger partial charge in [-0.3, -0.25) is 14.8 Å². The van der Waals surface area contributed by atoms with E-state index in [0.29, 0.717) is 19.0 Å². The second-order valence-electron chi connectivity index (χ2n) is 4.39. The van der Waals surface area contributed by atoms with Crippen molar-refractivity contribution in [2.75, 3.05) is 19.0 Å². The first kappa shape index (κ1) is 15.4. The fraction of sp³-hybridized carbons (Fsp3) is 0.308. The molecule has 0 amide bonds. The Kier molecular flexibility index (Phi) is 5.00. The van der Waals surface area contributed by atoms with Crippen LogP contribution >= 0.6 is 0 Å². The first-order valence-corrected chi connectivity index (χ1v) is 6.48. The van der Waals surface area contributed by atoms with Gasteiger partial charge in [0, 0.05) is 38.6 Å². The lowest BCUT2D eigenvalue weighted by Crippen LogP contribution is -2.03. The normalized spacial score (nSPS) is 10.2. The van der Waals surface area contributed by atoms with E-state index in [9.17, 15) is 10.1 Å². The van der Waals surface area contributed by atoms with E-state index in [0.717, 1.165) is 12.6 Å². The van der Waals surface area contributed by atoms with Crippen LogP contribution in [0.4, 0.5) is 17.3 Å². The molecule has 0 unspecified atom stereocenters. The summed E-state index contributed by atoms with van der Waals surface area (Å²) in [6.07, 6.45) is 3.71. The van der Waals surface area contributed by atoms with Crippen LogP contribution in [0.15, 0.2) is 24.5 Å². The summed E-state index contributed by atoms with van der Waals surface area (Å²) in [5.41, 5.74) is -0.143. The standard InChI is InChI=1S/C13H14N6O3/c1-22-6-2-4-18-5-3-12(17-18)16-13-10(8-14)7-11(9-15-13)19(20)21/h3,5,7,9H,2,4,6H2,1H3,(H,15,16,17). The summed E-state index contributed by atoms with van der Waals surface area (Å²) >= 11 is 0. The van der Waals surface area contributed by atoms with Gasteiger partial charge in [-0.05, 0) is 6.42 Å². The highest BCUT2D eigenvalue weighted by Crippen LogP contribution is 2.21. The summed E-state index contributed by atoms with van der Waals surface area (Å²) in [6.45, 7) is 1.35. The molecule has 0 aliphatic heterocycles. The summed E-state index contributed by atoms with van der Waals surface area (Å²) in [7, 11) is 1.64. The molecule has 0 saturated carbocycles. The minimum absolute atomic E-state index is 0.0862. The van der Waals surface area contributed by atoms with E-state index in [4.69, 9.17) is 10.00 Å². The maximum absolute atomic E-state index is 10.7. The summed E-state index contributed by atoms with van der Waals surface area (Å²) in [5, 5.41) is 26.9. The summed E-state index contributed by atoms with van der Waals surface area (Å²) in [5.74, 6) is 0.741. The molecule has 22 heavy (non-hydrogen) atoms. The SMILES string of the molecule is COCCCn1ccc(Nc2ncc([N+](=O)[O-])cc2C#N)n1. The number of pyridine rings is 1. The number of nitrogens with zero attached hydrogens (tertiary/aromatic N) is 5. The quantitative estimate of drug-likeness (QED) is 0.470. The van der Waals surface area contributed by atoms with Gasteiger partial charge in [-0.25, -0.2) is 4.98 Å². The summed E-state index contributed by atoms with van der Waals surface area (Å²) in [6, 6.07) is 4.78. The van der Waals surface area contributed by atoms with Crippen LogP contribution in [-0.2, 0) is 11.3 Å². The van der Waals surface area contributed by atoms with Gasteiger partial charge in [0.05, 0.1) is 4.92 Å². The van der Waals surface area contributed by atoms with Gasteiger partial charge >= 0.3 is 0 Å². The zero-order chi connectivity index (χ0) is 15.9. The lowest BCUT2D eigenvalue weighted by atomic mass is 10.2. The van der Waals surface area contributed by atoms with Crippen LogP contribution in [0.5, 0.6) is 0 Å². The van der Waals surface area contributed by atoms with Crippen LogP contribution in [0, 0.1) is 21.4 Å². The van der Waals surface area contributed by atoms with Crippen molar-refractivity contribution in [1.29, 1.82) is 5.26 Å². The van der Waals surface area contributed by atoms with E-state index in [-0.39, 0.29) is 17.1 Å². The number of anilines is 2. The van der Waals surface area contributed by atoms with Crippen molar-refractivity contribution in [1.82, 2.24) is 14.8 Å². The van der Waals surface area contributed by atoms with Gasteiger partial charge in [0.25, 0.3) is 5.69 Å². The Morgan fingerprint density at radius 2 is 2.41 bits per heavy atom. The van der Waals surface area contributed by atoms with Crippen LogP contribution in [0.1, 0.15) is 12.0 Å². The zero-order valence-corrected chi connectivity index (χ0v) is 11.9. The van der Waals surface area contributed by atoms with E-state index >= 15 is 0 Å². The van der Waals surface area contributed by atoms with Gasteiger partial charge < -0.3 is 10.1 Å². The fourth-order valence-corrected chi connectivity index (χ4v) is 1.78. The largest absolute Gasteiger partial charge is 0.385 e. The van der Waals surface area contributed by atoms with Crippen molar-refractivity contribution in [3.05, 3.63) is 40.2 Å². The highest BCUT2D eigenvalue weighted by Gasteiger charge is 2.13. The Morgan fingerprint density at radius 1 is 1.59 bits per heavy atom. The summed E-state index contributed by atoms with van der Waals surface area (Å²) < 4.78 is 6.70. The van der Waals surface area contributed by atoms with Crippen LogP contribution in [-0.4, -0.2) is 33.4 Å². The molecule has 2 aromatic heterocycles. The van der Waals surface area contributed by atoms with Gasteiger partial charge in [0.15, 0.2) is 5.82 Å². The molecule has 9 nitrogen and oxygen atoms in total. The van der Waals surface area contributed by atoms with Crippen molar-refractivity contribution in [3.63, 3.8) is 0 Å². The first-order chi connectivity index (χ1) is 10.6. The lowest BCUT2D eigenvalue weighted by Gasteiger charge is -2.04.